The molecule has 1 rings (SSSR count). The number of hydrogen-bond acceptors (Lipinski definition) is 3. The van der Waals surface area contributed by atoms with Gasteiger partial charge in [0.1, 0.15) is 0 Å². The quantitative estimate of drug-likeness (QED) is 0.612. The van der Waals surface area contributed by atoms with Crippen molar-refractivity contribution in [3.8, 4) is 0 Å². The summed E-state index contributed by atoms with van der Waals surface area (Å²) in [5.41, 5.74) is 3.71. The highest BCUT2D eigenvalue weighted by Gasteiger charge is 2.06. The van der Waals surface area contributed by atoms with Gasteiger partial charge < -0.3 is 10.3 Å². The first-order valence-electron chi connectivity index (χ1n) is 3.85. The van der Waals surface area contributed by atoms with Crippen LogP contribution in [0.15, 0.2) is 18.2 Å². The number of aromatic carboxylic acids is 1. The minimum atomic E-state index is -0.947. The van der Waals surface area contributed by atoms with Crippen molar-refractivity contribution in [2.45, 2.75) is 13.5 Å². The van der Waals surface area contributed by atoms with Gasteiger partial charge in [-0.3, -0.25) is 0 Å². The zero-order valence-corrected chi connectivity index (χ0v) is 7.24. The minimum absolute atomic E-state index is 0.251. The van der Waals surface area contributed by atoms with E-state index in [-0.39, 0.29) is 12.1 Å². The lowest BCUT2D eigenvalue weighted by atomic mass is 10.1. The van der Waals surface area contributed by atoms with E-state index in [0.29, 0.717) is 5.56 Å². The maximum absolute atomic E-state index is 10.7. The lowest BCUT2D eigenvalue weighted by molar-refractivity contribution is 0.0695. The van der Waals surface area contributed by atoms with E-state index >= 15 is 0 Å². The molecule has 0 saturated heterocycles. The Balaban J connectivity index is 3.04. The van der Waals surface area contributed by atoms with Crippen LogP contribution in [0.25, 0.3) is 0 Å². The van der Waals surface area contributed by atoms with Crippen molar-refractivity contribution in [2.24, 2.45) is 0 Å². The molecule has 0 aliphatic carbocycles. The minimum Gasteiger partial charge on any atom is -0.478 e. The molecule has 13 heavy (non-hydrogen) atoms. The van der Waals surface area contributed by atoms with Crippen molar-refractivity contribution in [3.63, 3.8) is 0 Å². The van der Waals surface area contributed by atoms with E-state index in [9.17, 15) is 4.79 Å². The van der Waals surface area contributed by atoms with E-state index in [2.05, 4.69) is 0 Å². The van der Waals surface area contributed by atoms with Crippen LogP contribution in [-0.4, -0.2) is 16.3 Å². The molecule has 1 aromatic rings. The zero-order chi connectivity index (χ0) is 9.84. The Kier molecular flexibility index (Phi) is 3.00. The first kappa shape index (κ1) is 9.70. The summed E-state index contributed by atoms with van der Waals surface area (Å²) in [5.74, 6) is -0.947. The maximum atomic E-state index is 10.7. The van der Waals surface area contributed by atoms with E-state index in [4.69, 9.17) is 10.3 Å². The monoisotopic (exact) mass is 181 g/mol. The molecule has 4 nitrogen and oxygen atoms in total. The predicted octanol–water partition coefficient (Wildman–Crippen LogP) is 1.17. The molecule has 0 amide bonds. The molecule has 0 aliphatic rings. The van der Waals surface area contributed by atoms with Crippen molar-refractivity contribution in [1.82, 2.24) is 5.48 Å². The average Bonchev–Trinajstić information content (AvgIpc) is 2.08. The SMILES string of the molecule is Cc1ccc(CNO)cc1C(=O)O. The number of carboxylic acid groups (broad SMARTS) is 1. The predicted molar refractivity (Wildman–Crippen MR) is 46.8 cm³/mol. The second-order valence-corrected chi connectivity index (χ2v) is 2.79. The van der Waals surface area contributed by atoms with Crippen LogP contribution in [0.2, 0.25) is 0 Å². The summed E-state index contributed by atoms with van der Waals surface area (Å²) in [6.45, 7) is 1.99. The fourth-order valence-electron chi connectivity index (χ4n) is 1.10. The van der Waals surface area contributed by atoms with Crippen LogP contribution >= 0.6 is 0 Å². The molecule has 0 saturated carbocycles. The van der Waals surface area contributed by atoms with Crippen molar-refractivity contribution in [3.05, 3.63) is 34.9 Å². The summed E-state index contributed by atoms with van der Waals surface area (Å²) in [7, 11) is 0. The Hall–Kier alpha value is -1.39. The van der Waals surface area contributed by atoms with Gasteiger partial charge in [-0.25, -0.2) is 10.3 Å². The highest BCUT2D eigenvalue weighted by Crippen LogP contribution is 2.10. The van der Waals surface area contributed by atoms with E-state index in [1.165, 1.54) is 0 Å². The van der Waals surface area contributed by atoms with E-state index < -0.39 is 5.97 Å². The average molecular weight is 181 g/mol. The first-order valence-corrected chi connectivity index (χ1v) is 3.85. The third-order valence-corrected chi connectivity index (χ3v) is 1.82. The number of carboxylic acids is 1. The fourth-order valence-corrected chi connectivity index (χ4v) is 1.10. The fraction of sp³-hybridized carbons (Fsp3) is 0.222. The van der Waals surface area contributed by atoms with E-state index in [0.717, 1.165) is 5.56 Å². The van der Waals surface area contributed by atoms with Crippen LogP contribution in [0.5, 0.6) is 0 Å². The van der Waals surface area contributed by atoms with Crippen molar-refractivity contribution in [1.29, 1.82) is 0 Å². The second-order valence-electron chi connectivity index (χ2n) is 2.79. The molecular weight excluding hydrogens is 170 g/mol. The molecule has 0 atom stereocenters. The van der Waals surface area contributed by atoms with Gasteiger partial charge in [-0.15, -0.1) is 0 Å². The number of rotatable bonds is 3. The van der Waals surface area contributed by atoms with Gasteiger partial charge in [0.05, 0.1) is 5.56 Å². The molecule has 0 aromatic heterocycles. The molecule has 1 aromatic carbocycles. The molecule has 0 heterocycles. The molecule has 0 radical (unpaired) electrons. The molecule has 0 fully saturated rings. The first-order chi connectivity index (χ1) is 6.15. The Labute approximate surface area is 75.8 Å². The Morgan fingerprint density at radius 3 is 2.77 bits per heavy atom. The highest BCUT2D eigenvalue weighted by atomic mass is 16.5. The van der Waals surface area contributed by atoms with Gasteiger partial charge in [0.15, 0.2) is 0 Å². The number of carbonyl (C=O) groups is 1. The van der Waals surface area contributed by atoms with Gasteiger partial charge in [-0.05, 0) is 24.1 Å². The summed E-state index contributed by atoms with van der Waals surface area (Å²) < 4.78 is 0. The van der Waals surface area contributed by atoms with Gasteiger partial charge in [0, 0.05) is 6.54 Å². The molecule has 0 spiro atoms. The summed E-state index contributed by atoms with van der Waals surface area (Å²) in [4.78, 5) is 10.7. The topological polar surface area (TPSA) is 69.6 Å². The van der Waals surface area contributed by atoms with E-state index in [1.807, 2.05) is 5.48 Å². The third-order valence-electron chi connectivity index (χ3n) is 1.82. The number of benzene rings is 1. The van der Waals surface area contributed by atoms with Crippen LogP contribution in [0, 0.1) is 6.92 Å². The van der Waals surface area contributed by atoms with Crippen LogP contribution in [0.1, 0.15) is 21.5 Å². The smallest absolute Gasteiger partial charge is 0.335 e. The molecule has 70 valence electrons. The largest absolute Gasteiger partial charge is 0.478 e. The van der Waals surface area contributed by atoms with E-state index in [1.54, 1.807) is 25.1 Å². The van der Waals surface area contributed by atoms with Crippen LogP contribution in [-0.2, 0) is 6.54 Å². The van der Waals surface area contributed by atoms with Gasteiger partial charge in [0.25, 0.3) is 0 Å². The number of hydrogen-bond donors (Lipinski definition) is 3. The van der Waals surface area contributed by atoms with Crippen LogP contribution in [0.4, 0.5) is 0 Å². The van der Waals surface area contributed by atoms with Crippen molar-refractivity contribution in [2.75, 3.05) is 0 Å². The number of aryl methyl sites for hydroxylation is 1. The molecule has 3 N–H and O–H groups in total. The summed E-state index contributed by atoms with van der Waals surface area (Å²) >= 11 is 0. The lowest BCUT2D eigenvalue weighted by Crippen LogP contribution is -2.08. The summed E-state index contributed by atoms with van der Waals surface area (Å²) in [5, 5.41) is 17.2. The standard InChI is InChI=1S/C9H11NO3/c1-6-2-3-7(5-10-13)4-8(6)9(11)12/h2-4,10,13H,5H2,1H3,(H,11,12). The lowest BCUT2D eigenvalue weighted by Gasteiger charge is -2.03. The molecule has 0 bridgehead atoms. The van der Waals surface area contributed by atoms with Gasteiger partial charge in [-0.1, -0.05) is 12.1 Å². The van der Waals surface area contributed by atoms with Crippen LogP contribution < -0.4 is 5.48 Å². The Bertz CT molecular complexity index is 323. The summed E-state index contributed by atoms with van der Waals surface area (Å²) in [6, 6.07) is 5.03. The Morgan fingerprint density at radius 2 is 2.23 bits per heavy atom. The zero-order valence-electron chi connectivity index (χ0n) is 7.24. The van der Waals surface area contributed by atoms with Gasteiger partial charge in [-0.2, -0.15) is 0 Å². The number of hydroxylamine groups is 1. The maximum Gasteiger partial charge on any atom is 0.335 e. The van der Waals surface area contributed by atoms with Gasteiger partial charge in [0.2, 0.25) is 0 Å². The third kappa shape index (κ3) is 2.27. The Morgan fingerprint density at radius 1 is 1.54 bits per heavy atom. The second kappa shape index (κ2) is 4.02. The van der Waals surface area contributed by atoms with Gasteiger partial charge >= 0.3 is 5.97 Å². The van der Waals surface area contributed by atoms with Crippen molar-refractivity contribution >= 4 is 5.97 Å². The normalized spacial score (nSPS) is 10.0. The molecule has 0 aliphatic heterocycles. The highest BCUT2D eigenvalue weighted by molar-refractivity contribution is 5.89. The number of nitrogens with one attached hydrogen (secondary N) is 1. The molecule has 0 unspecified atom stereocenters. The van der Waals surface area contributed by atoms with Crippen LogP contribution in [0.3, 0.4) is 0 Å². The molecule has 4 heteroatoms. The molecular formula is C9H11NO3. The van der Waals surface area contributed by atoms with Crippen molar-refractivity contribution < 1.29 is 15.1 Å². The summed E-state index contributed by atoms with van der Waals surface area (Å²) in [6.07, 6.45) is 0.